The lowest BCUT2D eigenvalue weighted by Crippen LogP contribution is -2.19. The summed E-state index contributed by atoms with van der Waals surface area (Å²) in [6.07, 6.45) is 6.60. The van der Waals surface area contributed by atoms with Crippen LogP contribution < -0.4 is 0 Å². The third kappa shape index (κ3) is 3.66. The number of aliphatic hydroxyl groups excluding tert-OH is 1. The van der Waals surface area contributed by atoms with Crippen LogP contribution in [0.5, 0.6) is 0 Å². The summed E-state index contributed by atoms with van der Waals surface area (Å²) in [5.74, 6) is -0.957. The fraction of sp³-hybridized carbons (Fsp3) is 0.421. The summed E-state index contributed by atoms with van der Waals surface area (Å²) in [6, 6.07) is 6.35. The van der Waals surface area contributed by atoms with Crippen molar-refractivity contribution in [2.24, 2.45) is 5.41 Å². The van der Waals surface area contributed by atoms with E-state index in [4.69, 9.17) is 5.11 Å². The number of allylic oxidation sites excluding steroid dienone is 3. The first-order valence-electron chi connectivity index (χ1n) is 7.71. The highest BCUT2D eigenvalue weighted by Gasteiger charge is 2.26. The van der Waals surface area contributed by atoms with Crippen molar-refractivity contribution in [1.82, 2.24) is 0 Å². The molecule has 2 rings (SSSR count). The van der Waals surface area contributed by atoms with Crippen molar-refractivity contribution < 1.29 is 15.0 Å². The number of hydrogen-bond donors (Lipinski definition) is 2. The molecule has 22 heavy (non-hydrogen) atoms. The van der Waals surface area contributed by atoms with Gasteiger partial charge in [0, 0.05) is 0 Å². The molecule has 0 fully saturated rings. The first-order chi connectivity index (χ1) is 10.3. The van der Waals surface area contributed by atoms with E-state index in [0.29, 0.717) is 5.56 Å². The topological polar surface area (TPSA) is 57.5 Å². The third-order valence-corrected chi connectivity index (χ3v) is 4.49. The van der Waals surface area contributed by atoms with Gasteiger partial charge in [-0.3, -0.25) is 0 Å². The van der Waals surface area contributed by atoms with Crippen molar-refractivity contribution in [3.63, 3.8) is 0 Å². The monoisotopic (exact) mass is 300 g/mol. The minimum Gasteiger partial charge on any atom is -0.478 e. The van der Waals surface area contributed by atoms with Crippen molar-refractivity contribution in [2.45, 2.75) is 46.1 Å². The molecule has 0 aliphatic heterocycles. The molecule has 1 aromatic rings. The molecule has 0 saturated carbocycles. The van der Waals surface area contributed by atoms with Crippen LogP contribution in [0.2, 0.25) is 0 Å². The van der Waals surface area contributed by atoms with Crippen LogP contribution in [-0.4, -0.2) is 16.2 Å². The SMILES string of the molecule is CC1=C(/C=C/C(O)c2ccc(C(=O)O)cc2)C(C)(C)CCC1. The zero-order chi connectivity index (χ0) is 16.3. The predicted molar refractivity (Wildman–Crippen MR) is 87.8 cm³/mol. The van der Waals surface area contributed by atoms with E-state index in [1.54, 1.807) is 18.2 Å². The second kappa shape index (κ2) is 6.49. The van der Waals surface area contributed by atoms with E-state index in [-0.39, 0.29) is 11.0 Å². The van der Waals surface area contributed by atoms with Crippen LogP contribution in [-0.2, 0) is 0 Å². The Morgan fingerprint density at radius 1 is 1.27 bits per heavy atom. The molecule has 118 valence electrons. The number of hydrogen-bond acceptors (Lipinski definition) is 2. The maximum atomic E-state index is 10.8. The lowest BCUT2D eigenvalue weighted by molar-refractivity contribution is 0.0696. The fourth-order valence-corrected chi connectivity index (χ4v) is 3.13. The van der Waals surface area contributed by atoms with Gasteiger partial charge in [-0.2, -0.15) is 0 Å². The van der Waals surface area contributed by atoms with Gasteiger partial charge in [0.05, 0.1) is 11.7 Å². The van der Waals surface area contributed by atoms with Crippen LogP contribution in [0.4, 0.5) is 0 Å². The first kappa shape index (κ1) is 16.5. The van der Waals surface area contributed by atoms with Crippen molar-refractivity contribution in [1.29, 1.82) is 0 Å². The quantitative estimate of drug-likeness (QED) is 0.860. The summed E-state index contributed by atoms with van der Waals surface area (Å²) < 4.78 is 0. The number of carboxylic acids is 1. The van der Waals surface area contributed by atoms with Crippen LogP contribution >= 0.6 is 0 Å². The molecule has 0 amide bonds. The van der Waals surface area contributed by atoms with Gasteiger partial charge in [0.15, 0.2) is 0 Å². The summed E-state index contributed by atoms with van der Waals surface area (Å²) in [7, 11) is 0. The number of aliphatic hydroxyl groups is 1. The van der Waals surface area contributed by atoms with Crippen LogP contribution in [0.15, 0.2) is 47.6 Å². The van der Waals surface area contributed by atoms with Crippen molar-refractivity contribution >= 4 is 5.97 Å². The molecular weight excluding hydrogens is 276 g/mol. The number of carbonyl (C=O) groups is 1. The van der Waals surface area contributed by atoms with Crippen molar-refractivity contribution in [3.8, 4) is 0 Å². The number of benzene rings is 1. The van der Waals surface area contributed by atoms with Gasteiger partial charge < -0.3 is 10.2 Å². The number of carboxylic acid groups (broad SMARTS) is 1. The fourth-order valence-electron chi connectivity index (χ4n) is 3.13. The maximum absolute atomic E-state index is 10.8. The van der Waals surface area contributed by atoms with Crippen LogP contribution in [0.1, 0.15) is 62.1 Å². The predicted octanol–water partition coefficient (Wildman–Crippen LogP) is 4.50. The Hall–Kier alpha value is -1.87. The van der Waals surface area contributed by atoms with Gasteiger partial charge in [0.25, 0.3) is 0 Å². The van der Waals surface area contributed by atoms with Gasteiger partial charge in [0.1, 0.15) is 0 Å². The Bertz CT molecular complexity index is 606. The van der Waals surface area contributed by atoms with E-state index in [2.05, 4.69) is 20.8 Å². The van der Waals surface area contributed by atoms with E-state index < -0.39 is 12.1 Å². The molecule has 3 heteroatoms. The number of rotatable bonds is 4. The summed E-state index contributed by atoms with van der Waals surface area (Å²) in [6.45, 7) is 6.64. The largest absolute Gasteiger partial charge is 0.478 e. The summed E-state index contributed by atoms with van der Waals surface area (Å²) in [4.78, 5) is 10.8. The van der Waals surface area contributed by atoms with Crippen molar-refractivity contribution in [2.75, 3.05) is 0 Å². The minimum atomic E-state index is -0.957. The molecule has 0 aromatic heterocycles. The van der Waals surface area contributed by atoms with E-state index in [1.807, 2.05) is 6.08 Å². The Labute approximate surface area is 132 Å². The normalized spacial score (nSPS) is 19.5. The molecule has 1 aromatic carbocycles. The Balaban J connectivity index is 2.17. The molecule has 1 aliphatic rings. The molecule has 1 unspecified atom stereocenters. The molecule has 0 saturated heterocycles. The van der Waals surface area contributed by atoms with E-state index in [1.165, 1.54) is 29.7 Å². The highest BCUT2D eigenvalue weighted by atomic mass is 16.4. The van der Waals surface area contributed by atoms with Gasteiger partial charge in [-0.05, 0) is 54.9 Å². The highest BCUT2D eigenvalue weighted by Crippen LogP contribution is 2.41. The second-order valence-electron chi connectivity index (χ2n) is 6.66. The summed E-state index contributed by atoms with van der Waals surface area (Å²) in [5, 5.41) is 19.2. The minimum absolute atomic E-state index is 0.145. The molecule has 0 spiro atoms. The molecule has 1 aliphatic carbocycles. The molecule has 0 heterocycles. The average Bonchev–Trinajstić information content (AvgIpc) is 2.46. The van der Waals surface area contributed by atoms with E-state index in [9.17, 15) is 9.90 Å². The van der Waals surface area contributed by atoms with Crippen LogP contribution in [0.3, 0.4) is 0 Å². The van der Waals surface area contributed by atoms with Crippen LogP contribution in [0.25, 0.3) is 0 Å². The summed E-state index contributed by atoms with van der Waals surface area (Å²) in [5.41, 5.74) is 3.77. The van der Waals surface area contributed by atoms with Gasteiger partial charge in [-0.15, -0.1) is 0 Å². The lowest BCUT2D eigenvalue weighted by Gasteiger charge is -2.33. The van der Waals surface area contributed by atoms with Gasteiger partial charge in [-0.25, -0.2) is 4.79 Å². The Morgan fingerprint density at radius 2 is 1.91 bits per heavy atom. The van der Waals surface area contributed by atoms with E-state index in [0.717, 1.165) is 12.8 Å². The molecular formula is C19H24O3. The van der Waals surface area contributed by atoms with E-state index >= 15 is 0 Å². The first-order valence-corrected chi connectivity index (χ1v) is 7.71. The van der Waals surface area contributed by atoms with Crippen molar-refractivity contribution in [3.05, 3.63) is 58.7 Å². The molecule has 3 nitrogen and oxygen atoms in total. The zero-order valence-electron chi connectivity index (χ0n) is 13.5. The van der Waals surface area contributed by atoms with Gasteiger partial charge in [0.2, 0.25) is 0 Å². The van der Waals surface area contributed by atoms with Crippen LogP contribution in [0, 0.1) is 5.41 Å². The maximum Gasteiger partial charge on any atom is 0.335 e. The second-order valence-corrected chi connectivity index (χ2v) is 6.66. The Morgan fingerprint density at radius 3 is 2.45 bits per heavy atom. The molecule has 0 bridgehead atoms. The standard InChI is InChI=1S/C19H24O3/c1-13-5-4-12-19(2,3)16(13)10-11-17(20)14-6-8-15(9-7-14)18(21)22/h6-11,17,20H,4-5,12H2,1-3H3,(H,21,22)/b11-10+. The molecule has 0 radical (unpaired) electrons. The smallest absolute Gasteiger partial charge is 0.335 e. The summed E-state index contributed by atoms with van der Waals surface area (Å²) >= 11 is 0. The highest BCUT2D eigenvalue weighted by molar-refractivity contribution is 5.87. The number of aromatic carboxylic acids is 1. The third-order valence-electron chi connectivity index (χ3n) is 4.49. The average molecular weight is 300 g/mol. The zero-order valence-corrected chi connectivity index (χ0v) is 13.5. The molecule has 1 atom stereocenters. The Kier molecular flexibility index (Phi) is 4.87. The molecule has 2 N–H and O–H groups in total. The lowest BCUT2D eigenvalue weighted by atomic mass is 9.72. The van der Waals surface area contributed by atoms with Gasteiger partial charge >= 0.3 is 5.97 Å². The van der Waals surface area contributed by atoms with Gasteiger partial charge in [-0.1, -0.05) is 43.7 Å².